The number of alkyl halides is 2. The van der Waals surface area contributed by atoms with Crippen LogP contribution in [0.5, 0.6) is 11.8 Å². The Morgan fingerprint density at radius 1 is 1.19 bits per heavy atom. The number of hydrogen-bond donors (Lipinski definition) is 2. The fourth-order valence-corrected chi connectivity index (χ4v) is 8.21. The Morgan fingerprint density at radius 3 is 2.66 bits per heavy atom. The van der Waals surface area contributed by atoms with Crippen molar-refractivity contribution in [3.8, 4) is 17.8 Å². The first kappa shape index (κ1) is 32.2. The summed E-state index contributed by atoms with van der Waals surface area (Å²) in [5, 5.41) is 32.1. The molecule has 10 nitrogen and oxygen atoms in total. The van der Waals surface area contributed by atoms with Gasteiger partial charge in [-0.25, -0.2) is 8.78 Å². The summed E-state index contributed by atoms with van der Waals surface area (Å²) in [7, 11) is 0. The first-order chi connectivity index (χ1) is 22.4. The minimum absolute atomic E-state index is 0.00785. The molecule has 0 bridgehead atoms. The number of rotatable bonds is 7. The van der Waals surface area contributed by atoms with Gasteiger partial charge in [0.05, 0.1) is 41.4 Å². The van der Waals surface area contributed by atoms with Gasteiger partial charge in [0.25, 0.3) is 11.8 Å². The molecule has 2 N–H and O–H groups in total. The number of aromatic nitrogens is 2. The number of benzene rings is 2. The molecule has 4 heterocycles. The normalized spacial score (nSPS) is 25.9. The quantitative estimate of drug-likeness (QED) is 0.317. The van der Waals surface area contributed by atoms with Gasteiger partial charge in [-0.2, -0.15) is 15.2 Å². The number of nitrogens with zero attached hydrogens (tertiary/aromatic N) is 6. The number of nitriles is 1. The number of carbonyl (C=O) groups excluding carboxylic acids is 1. The van der Waals surface area contributed by atoms with Gasteiger partial charge >= 0.3 is 6.01 Å². The maximum Gasteiger partial charge on any atom is 0.318 e. The lowest BCUT2D eigenvalue weighted by Crippen LogP contribution is -2.47. The molecule has 4 aliphatic rings. The SMILES string of the molecule is C[C@@]1(O)CCCN(c2nc(OC[C@]3(CN4CCC(C#N)CC4)CC3(F)F)nc3c2CN(C(=O)c2cc(O)cc4cccc(I)c24)C3)C1. The first-order valence-electron chi connectivity index (χ1n) is 16.1. The number of phenols is 1. The van der Waals surface area contributed by atoms with Crippen molar-refractivity contribution in [2.24, 2.45) is 11.3 Å². The summed E-state index contributed by atoms with van der Waals surface area (Å²) in [4.78, 5) is 29.0. The highest BCUT2D eigenvalue weighted by atomic mass is 127. The molecule has 1 aromatic heterocycles. The molecule has 7 rings (SSSR count). The summed E-state index contributed by atoms with van der Waals surface area (Å²) in [6.07, 6.45) is 2.42. The van der Waals surface area contributed by atoms with Crippen LogP contribution in [0.15, 0.2) is 30.3 Å². The number of hydrogen-bond acceptors (Lipinski definition) is 9. The minimum atomic E-state index is -2.88. The van der Waals surface area contributed by atoms with Crippen LogP contribution in [-0.2, 0) is 13.1 Å². The molecule has 0 spiro atoms. The van der Waals surface area contributed by atoms with Gasteiger partial charge in [0, 0.05) is 46.5 Å². The topological polar surface area (TPSA) is 126 Å². The zero-order valence-electron chi connectivity index (χ0n) is 26.2. The second-order valence-corrected chi connectivity index (χ2v) is 15.1. The number of phenolic OH excluding ortho intramolecular Hbond substituents is 1. The number of fused-ring (bicyclic) bond motifs is 2. The van der Waals surface area contributed by atoms with E-state index >= 15 is 0 Å². The second-order valence-electron chi connectivity index (χ2n) is 13.9. The monoisotopic (exact) mass is 758 g/mol. The number of amides is 1. The number of ether oxygens (including phenoxy) is 1. The maximum absolute atomic E-state index is 14.9. The molecule has 0 radical (unpaired) electrons. The van der Waals surface area contributed by atoms with Crippen molar-refractivity contribution in [1.82, 2.24) is 19.8 Å². The average molecular weight is 759 g/mol. The van der Waals surface area contributed by atoms with E-state index in [4.69, 9.17) is 9.72 Å². The van der Waals surface area contributed by atoms with Crippen molar-refractivity contribution >= 4 is 45.1 Å². The molecule has 1 saturated carbocycles. The smallest absolute Gasteiger partial charge is 0.318 e. The van der Waals surface area contributed by atoms with E-state index in [0.717, 1.165) is 26.3 Å². The van der Waals surface area contributed by atoms with Crippen LogP contribution in [0.25, 0.3) is 10.8 Å². The molecular weight excluding hydrogens is 721 g/mol. The summed E-state index contributed by atoms with van der Waals surface area (Å²) in [6, 6.07) is 11.0. The van der Waals surface area contributed by atoms with Gasteiger partial charge in [-0.15, -0.1) is 0 Å². The predicted octanol–water partition coefficient (Wildman–Crippen LogP) is 5.09. The minimum Gasteiger partial charge on any atom is -0.508 e. The highest BCUT2D eigenvalue weighted by Gasteiger charge is 2.72. The molecule has 2 atom stereocenters. The lowest BCUT2D eigenvalue weighted by Gasteiger charge is -2.38. The Labute approximate surface area is 285 Å². The third kappa shape index (κ3) is 6.20. The molecule has 0 unspecified atom stereocenters. The van der Waals surface area contributed by atoms with Gasteiger partial charge in [0.15, 0.2) is 0 Å². The fraction of sp³-hybridized carbons (Fsp3) is 0.529. The van der Waals surface area contributed by atoms with Gasteiger partial charge in [0.1, 0.15) is 18.2 Å². The van der Waals surface area contributed by atoms with Gasteiger partial charge < -0.3 is 29.6 Å². The second kappa shape index (κ2) is 12.0. The van der Waals surface area contributed by atoms with Crippen LogP contribution in [0.1, 0.15) is 60.6 Å². The van der Waals surface area contributed by atoms with Crippen molar-refractivity contribution in [2.75, 3.05) is 44.2 Å². The molecule has 3 aliphatic heterocycles. The summed E-state index contributed by atoms with van der Waals surface area (Å²) < 4.78 is 36.7. The standard InChI is InChI=1S/C34H37F2IN6O4/c1-32(46)8-3-9-42(18-32)29-25-15-43(30(45)24-13-23(44)12-22-4-2-5-26(37)28(22)24)16-27(25)39-31(40-29)47-20-33(17-34(33,35)36)19-41-10-6-21(14-38)7-11-41/h2,4-5,12-13,21,44,46H,3,6-11,15-20H2,1H3/t32-,33-/m1/s1. The van der Waals surface area contributed by atoms with Gasteiger partial charge in [-0.1, -0.05) is 12.1 Å². The van der Waals surface area contributed by atoms with E-state index < -0.39 is 16.9 Å². The largest absolute Gasteiger partial charge is 0.508 e. The highest BCUT2D eigenvalue weighted by Crippen LogP contribution is 2.61. The molecule has 248 valence electrons. The molecular formula is C34H37F2IN6O4. The number of likely N-dealkylation sites (tertiary alicyclic amines) is 1. The van der Waals surface area contributed by atoms with Crippen LogP contribution in [0.3, 0.4) is 0 Å². The van der Waals surface area contributed by atoms with Gasteiger partial charge in [-0.3, -0.25) is 4.79 Å². The number of β-amino-alcohol motifs (C(OH)–C–C–N with tert-alkyl or cyclic N) is 1. The van der Waals surface area contributed by atoms with Crippen molar-refractivity contribution in [3.63, 3.8) is 0 Å². The number of carbonyl (C=O) groups is 1. The van der Waals surface area contributed by atoms with Crippen molar-refractivity contribution in [1.29, 1.82) is 5.26 Å². The van der Waals surface area contributed by atoms with E-state index in [2.05, 4.69) is 33.6 Å². The summed E-state index contributed by atoms with van der Waals surface area (Å²) in [5.41, 5.74) is -0.630. The zero-order valence-corrected chi connectivity index (χ0v) is 28.3. The zero-order chi connectivity index (χ0) is 33.1. The molecule has 1 amide bonds. The number of piperidine rings is 2. The summed E-state index contributed by atoms with van der Waals surface area (Å²) in [6.45, 7) is 4.20. The van der Waals surface area contributed by atoms with E-state index in [-0.39, 0.29) is 56.2 Å². The van der Waals surface area contributed by atoms with Gasteiger partial charge in [0.2, 0.25) is 0 Å². The molecule has 13 heteroatoms. The molecule has 47 heavy (non-hydrogen) atoms. The van der Waals surface area contributed by atoms with E-state index in [1.54, 1.807) is 17.9 Å². The third-order valence-electron chi connectivity index (χ3n) is 10.1. The number of halogens is 3. The lowest BCUT2D eigenvalue weighted by molar-refractivity contribution is 0.0173. The Balaban J connectivity index is 1.17. The highest BCUT2D eigenvalue weighted by molar-refractivity contribution is 14.1. The average Bonchev–Trinajstić information content (AvgIpc) is 3.33. The van der Waals surface area contributed by atoms with Crippen molar-refractivity contribution in [3.05, 3.63) is 50.7 Å². The Hall–Kier alpha value is -3.35. The Morgan fingerprint density at radius 2 is 1.96 bits per heavy atom. The van der Waals surface area contributed by atoms with Crippen LogP contribution < -0.4 is 9.64 Å². The fourth-order valence-electron chi connectivity index (χ4n) is 7.40. The van der Waals surface area contributed by atoms with E-state index in [9.17, 15) is 29.1 Å². The number of anilines is 1. The maximum atomic E-state index is 14.9. The molecule has 3 fully saturated rings. The first-order valence-corrected chi connectivity index (χ1v) is 17.2. The number of aliphatic hydroxyl groups is 1. The predicted molar refractivity (Wildman–Crippen MR) is 178 cm³/mol. The summed E-state index contributed by atoms with van der Waals surface area (Å²) in [5.74, 6) is -2.66. The van der Waals surface area contributed by atoms with E-state index in [1.807, 2.05) is 28.0 Å². The summed E-state index contributed by atoms with van der Waals surface area (Å²) >= 11 is 2.19. The van der Waals surface area contributed by atoms with Crippen molar-refractivity contribution < 1.29 is 28.5 Å². The van der Waals surface area contributed by atoms with Crippen LogP contribution in [0.4, 0.5) is 14.6 Å². The molecule has 3 aromatic rings. The lowest BCUT2D eigenvalue weighted by atomic mass is 9.95. The number of aromatic hydroxyl groups is 1. The van der Waals surface area contributed by atoms with Crippen LogP contribution in [-0.4, -0.2) is 86.7 Å². The third-order valence-corrected chi connectivity index (χ3v) is 11.0. The van der Waals surface area contributed by atoms with Crippen LogP contribution in [0.2, 0.25) is 0 Å². The molecule has 1 aliphatic carbocycles. The van der Waals surface area contributed by atoms with Crippen LogP contribution >= 0.6 is 22.6 Å². The van der Waals surface area contributed by atoms with E-state index in [1.165, 1.54) is 6.07 Å². The van der Waals surface area contributed by atoms with Crippen LogP contribution in [0, 0.1) is 26.2 Å². The van der Waals surface area contributed by atoms with Gasteiger partial charge in [-0.05, 0) is 91.9 Å². The Bertz CT molecular complexity index is 1780. The van der Waals surface area contributed by atoms with E-state index in [0.29, 0.717) is 62.5 Å². The molecule has 2 saturated heterocycles. The molecule has 2 aromatic carbocycles. The van der Waals surface area contributed by atoms with Crippen molar-refractivity contribution in [2.45, 2.75) is 63.6 Å². The Kier molecular flexibility index (Phi) is 8.20.